The maximum absolute atomic E-state index is 6.05. The zero-order chi connectivity index (χ0) is 12.0. The Kier molecular flexibility index (Phi) is 2.64. The van der Waals surface area contributed by atoms with Gasteiger partial charge in [0.15, 0.2) is 0 Å². The molecule has 0 fully saturated rings. The molecule has 1 aromatic heterocycles. The highest BCUT2D eigenvalue weighted by Gasteiger charge is 2.25. The van der Waals surface area contributed by atoms with Crippen molar-refractivity contribution in [3.8, 4) is 0 Å². The predicted molar refractivity (Wildman–Crippen MR) is 72.6 cm³/mol. The molecule has 0 aliphatic carbocycles. The Balaban J connectivity index is 2.21. The van der Waals surface area contributed by atoms with Crippen molar-refractivity contribution in [1.29, 1.82) is 0 Å². The van der Waals surface area contributed by atoms with E-state index in [9.17, 15) is 0 Å². The summed E-state index contributed by atoms with van der Waals surface area (Å²) in [4.78, 5) is 3.54. The molecule has 1 atom stereocenters. The standard InChI is InChI=1S/C14H17ClN2/c1-8(2)13-14-11(5-6-16-13)10-4-3-9(15)7-12(10)17-14/h3-4,7-8,13,16-17H,5-6H2,1-2H3. The highest BCUT2D eigenvalue weighted by molar-refractivity contribution is 6.31. The third-order valence-corrected chi connectivity index (χ3v) is 3.85. The Bertz CT molecular complexity index is 557. The lowest BCUT2D eigenvalue weighted by Gasteiger charge is -2.27. The normalized spacial score (nSPS) is 19.9. The third kappa shape index (κ3) is 1.76. The molecule has 17 heavy (non-hydrogen) atoms. The molecule has 2 N–H and O–H groups in total. The molecule has 3 rings (SSSR count). The van der Waals surface area contributed by atoms with Gasteiger partial charge in [0.05, 0.1) is 0 Å². The topological polar surface area (TPSA) is 27.8 Å². The van der Waals surface area contributed by atoms with E-state index >= 15 is 0 Å². The number of fused-ring (bicyclic) bond motifs is 3. The van der Waals surface area contributed by atoms with Crippen LogP contribution in [-0.4, -0.2) is 11.5 Å². The molecular formula is C14H17ClN2. The maximum Gasteiger partial charge on any atom is 0.0499 e. The Hall–Kier alpha value is -0.990. The summed E-state index contributed by atoms with van der Waals surface area (Å²) >= 11 is 6.05. The van der Waals surface area contributed by atoms with Crippen LogP contribution in [0.3, 0.4) is 0 Å². The molecule has 1 aromatic carbocycles. The van der Waals surface area contributed by atoms with Gasteiger partial charge in [0, 0.05) is 27.7 Å². The van der Waals surface area contributed by atoms with Gasteiger partial charge in [0.1, 0.15) is 0 Å². The second-order valence-electron chi connectivity index (χ2n) is 5.13. The van der Waals surface area contributed by atoms with Gasteiger partial charge in [-0.3, -0.25) is 0 Å². The van der Waals surface area contributed by atoms with Crippen LogP contribution >= 0.6 is 11.6 Å². The fourth-order valence-corrected chi connectivity index (χ4v) is 2.98. The monoisotopic (exact) mass is 248 g/mol. The summed E-state index contributed by atoms with van der Waals surface area (Å²) in [6.07, 6.45) is 1.10. The third-order valence-electron chi connectivity index (χ3n) is 3.62. The molecule has 90 valence electrons. The summed E-state index contributed by atoms with van der Waals surface area (Å²) in [5, 5.41) is 5.71. The number of aromatic amines is 1. The maximum atomic E-state index is 6.05. The minimum Gasteiger partial charge on any atom is -0.357 e. The van der Waals surface area contributed by atoms with Crippen molar-refractivity contribution < 1.29 is 0 Å². The van der Waals surface area contributed by atoms with E-state index in [1.807, 2.05) is 12.1 Å². The van der Waals surface area contributed by atoms with E-state index in [1.54, 1.807) is 0 Å². The zero-order valence-electron chi connectivity index (χ0n) is 10.2. The van der Waals surface area contributed by atoms with Crippen LogP contribution < -0.4 is 5.32 Å². The van der Waals surface area contributed by atoms with Crippen molar-refractivity contribution in [2.75, 3.05) is 6.54 Å². The summed E-state index contributed by atoms with van der Waals surface area (Å²) in [6.45, 7) is 5.57. The number of nitrogens with one attached hydrogen (secondary N) is 2. The van der Waals surface area contributed by atoms with Crippen molar-refractivity contribution in [3.05, 3.63) is 34.5 Å². The molecule has 3 heteroatoms. The van der Waals surface area contributed by atoms with E-state index < -0.39 is 0 Å². The van der Waals surface area contributed by atoms with Gasteiger partial charge in [-0.1, -0.05) is 31.5 Å². The first-order valence-electron chi connectivity index (χ1n) is 6.20. The molecule has 0 amide bonds. The van der Waals surface area contributed by atoms with Crippen LogP contribution in [0, 0.1) is 5.92 Å². The predicted octanol–water partition coefficient (Wildman–Crippen LogP) is 3.66. The second-order valence-corrected chi connectivity index (χ2v) is 5.57. The minimum atomic E-state index is 0.435. The number of halogens is 1. The Labute approximate surface area is 106 Å². The lowest BCUT2D eigenvalue weighted by Crippen LogP contribution is -2.32. The van der Waals surface area contributed by atoms with Crippen molar-refractivity contribution in [2.45, 2.75) is 26.3 Å². The van der Waals surface area contributed by atoms with Gasteiger partial charge in [-0.25, -0.2) is 0 Å². The van der Waals surface area contributed by atoms with E-state index in [2.05, 4.69) is 30.2 Å². The van der Waals surface area contributed by atoms with Crippen LogP contribution in [0.5, 0.6) is 0 Å². The van der Waals surface area contributed by atoms with E-state index in [4.69, 9.17) is 11.6 Å². The van der Waals surface area contributed by atoms with Crippen LogP contribution in [0.1, 0.15) is 31.1 Å². The molecule has 0 saturated carbocycles. The van der Waals surface area contributed by atoms with Crippen molar-refractivity contribution >= 4 is 22.5 Å². The lowest BCUT2D eigenvalue weighted by atomic mass is 9.92. The van der Waals surface area contributed by atoms with Crippen molar-refractivity contribution in [2.24, 2.45) is 5.92 Å². The van der Waals surface area contributed by atoms with Crippen LogP contribution in [-0.2, 0) is 6.42 Å². The van der Waals surface area contributed by atoms with E-state index in [-0.39, 0.29) is 0 Å². The number of H-pyrrole nitrogens is 1. The van der Waals surface area contributed by atoms with Crippen LogP contribution in [0.2, 0.25) is 5.02 Å². The summed E-state index contributed by atoms with van der Waals surface area (Å²) in [5.74, 6) is 0.595. The Morgan fingerprint density at radius 3 is 2.94 bits per heavy atom. The smallest absolute Gasteiger partial charge is 0.0499 e. The van der Waals surface area contributed by atoms with Crippen LogP contribution in [0.25, 0.3) is 10.9 Å². The number of hydrogen-bond acceptors (Lipinski definition) is 1. The largest absolute Gasteiger partial charge is 0.357 e. The Morgan fingerprint density at radius 1 is 1.35 bits per heavy atom. The van der Waals surface area contributed by atoms with Gasteiger partial charge >= 0.3 is 0 Å². The molecule has 0 spiro atoms. The Morgan fingerprint density at radius 2 is 2.18 bits per heavy atom. The molecule has 0 radical (unpaired) electrons. The first-order valence-corrected chi connectivity index (χ1v) is 6.58. The molecule has 2 nitrogen and oxygen atoms in total. The SMILES string of the molecule is CC(C)C1NCCc2c1[nH]c1cc(Cl)ccc21. The molecule has 2 aromatic rings. The second kappa shape index (κ2) is 4.04. The molecule has 0 bridgehead atoms. The fourth-order valence-electron chi connectivity index (χ4n) is 2.81. The van der Waals surface area contributed by atoms with Gasteiger partial charge in [-0.2, -0.15) is 0 Å². The quantitative estimate of drug-likeness (QED) is 0.792. The average Bonchev–Trinajstić information content (AvgIpc) is 2.65. The number of rotatable bonds is 1. The van der Waals surface area contributed by atoms with E-state index in [0.29, 0.717) is 12.0 Å². The number of benzene rings is 1. The minimum absolute atomic E-state index is 0.435. The molecule has 1 aliphatic heterocycles. The van der Waals surface area contributed by atoms with E-state index in [0.717, 1.165) is 23.5 Å². The summed E-state index contributed by atoms with van der Waals surface area (Å²) in [5.41, 5.74) is 3.98. The molecule has 0 saturated heterocycles. The lowest BCUT2D eigenvalue weighted by molar-refractivity contribution is 0.389. The molecule has 1 unspecified atom stereocenters. The average molecular weight is 249 g/mol. The van der Waals surface area contributed by atoms with Gasteiger partial charge in [0.2, 0.25) is 0 Å². The van der Waals surface area contributed by atoms with Gasteiger partial charge in [-0.15, -0.1) is 0 Å². The van der Waals surface area contributed by atoms with Crippen molar-refractivity contribution in [3.63, 3.8) is 0 Å². The highest BCUT2D eigenvalue weighted by Crippen LogP contribution is 2.34. The van der Waals surface area contributed by atoms with Gasteiger partial charge in [0.25, 0.3) is 0 Å². The van der Waals surface area contributed by atoms with Crippen LogP contribution in [0.15, 0.2) is 18.2 Å². The summed E-state index contributed by atoms with van der Waals surface area (Å²) in [6, 6.07) is 6.57. The first-order chi connectivity index (χ1) is 8.16. The summed E-state index contributed by atoms with van der Waals surface area (Å²) in [7, 11) is 0. The van der Waals surface area contributed by atoms with Crippen LogP contribution in [0.4, 0.5) is 0 Å². The number of aromatic nitrogens is 1. The highest BCUT2D eigenvalue weighted by atomic mass is 35.5. The summed E-state index contributed by atoms with van der Waals surface area (Å²) < 4.78 is 0. The molecule has 1 aliphatic rings. The van der Waals surface area contributed by atoms with E-state index in [1.165, 1.54) is 16.6 Å². The van der Waals surface area contributed by atoms with Gasteiger partial charge in [-0.05, 0) is 36.6 Å². The number of hydrogen-bond donors (Lipinski definition) is 2. The van der Waals surface area contributed by atoms with Crippen molar-refractivity contribution in [1.82, 2.24) is 10.3 Å². The first kappa shape index (κ1) is 11.1. The van der Waals surface area contributed by atoms with Gasteiger partial charge < -0.3 is 10.3 Å². The molecule has 2 heterocycles. The fraction of sp³-hybridized carbons (Fsp3) is 0.429. The zero-order valence-corrected chi connectivity index (χ0v) is 10.9. The molecular weight excluding hydrogens is 232 g/mol.